The Hall–Kier alpha value is -1.14. The molecular weight excluding hydrogens is 320 g/mol. The summed E-state index contributed by atoms with van der Waals surface area (Å²) in [5.41, 5.74) is 1.15. The van der Waals surface area contributed by atoms with Gasteiger partial charge in [0.05, 0.1) is 17.3 Å². The molecule has 24 heavy (non-hydrogen) atoms. The van der Waals surface area contributed by atoms with Gasteiger partial charge in [0.2, 0.25) is 0 Å². The molecule has 1 aromatic heterocycles. The molecule has 0 unspecified atom stereocenters. The van der Waals surface area contributed by atoms with Gasteiger partial charge in [0.1, 0.15) is 0 Å². The van der Waals surface area contributed by atoms with Crippen LogP contribution in [0.15, 0.2) is 10.4 Å². The second-order valence-electron chi connectivity index (χ2n) is 6.76. The molecule has 1 aromatic rings. The Balaban J connectivity index is 1.74. The summed E-state index contributed by atoms with van der Waals surface area (Å²) >= 11 is 1.75. The van der Waals surface area contributed by atoms with Gasteiger partial charge < -0.3 is 15.0 Å². The Morgan fingerprint density at radius 3 is 2.92 bits per heavy atom. The highest BCUT2D eigenvalue weighted by atomic mass is 32.1. The van der Waals surface area contributed by atoms with Gasteiger partial charge in [-0.05, 0) is 25.7 Å². The molecule has 1 aliphatic rings. The molecule has 0 bridgehead atoms. The fourth-order valence-corrected chi connectivity index (χ4v) is 3.16. The van der Waals surface area contributed by atoms with E-state index in [0.29, 0.717) is 5.92 Å². The van der Waals surface area contributed by atoms with E-state index in [2.05, 4.69) is 48.4 Å². The summed E-state index contributed by atoms with van der Waals surface area (Å²) in [4.78, 5) is 11.6. The number of aliphatic imine (C=N–C) groups is 1. The molecule has 6 heteroatoms. The second kappa shape index (κ2) is 9.99. The molecule has 5 nitrogen and oxygen atoms in total. The Morgan fingerprint density at radius 1 is 1.50 bits per heavy atom. The molecule has 2 rings (SSSR count). The van der Waals surface area contributed by atoms with Crippen molar-refractivity contribution in [3.05, 3.63) is 16.1 Å². The Morgan fingerprint density at radius 2 is 2.29 bits per heavy atom. The van der Waals surface area contributed by atoms with Crippen molar-refractivity contribution in [2.45, 2.75) is 46.0 Å². The van der Waals surface area contributed by atoms with Gasteiger partial charge in [-0.25, -0.2) is 4.98 Å². The van der Waals surface area contributed by atoms with E-state index in [9.17, 15) is 0 Å². The largest absolute Gasteiger partial charge is 0.379 e. The van der Waals surface area contributed by atoms with E-state index in [-0.39, 0.29) is 0 Å². The van der Waals surface area contributed by atoms with Crippen LogP contribution in [-0.4, -0.2) is 55.7 Å². The zero-order chi connectivity index (χ0) is 17.4. The number of nitrogens with zero attached hydrogens (tertiary/aromatic N) is 3. The number of hydrogen-bond donors (Lipinski definition) is 1. The lowest BCUT2D eigenvalue weighted by Gasteiger charge is -2.22. The van der Waals surface area contributed by atoms with Crippen LogP contribution < -0.4 is 5.32 Å². The summed E-state index contributed by atoms with van der Waals surface area (Å²) in [5.74, 6) is 2.28. The maximum atomic E-state index is 5.72. The molecule has 0 amide bonds. The molecule has 1 N–H and O–H groups in total. The molecule has 0 aliphatic heterocycles. The van der Waals surface area contributed by atoms with Crippen LogP contribution in [0.1, 0.15) is 50.2 Å². The highest BCUT2D eigenvalue weighted by Gasteiger charge is 2.21. The Bertz CT molecular complexity index is 511. The van der Waals surface area contributed by atoms with Gasteiger partial charge in [0, 0.05) is 51.0 Å². The fourth-order valence-electron chi connectivity index (χ4n) is 2.29. The Labute approximate surface area is 150 Å². The van der Waals surface area contributed by atoms with Gasteiger partial charge in [0.25, 0.3) is 0 Å². The predicted octanol–water partition coefficient (Wildman–Crippen LogP) is 3.13. The predicted molar refractivity (Wildman–Crippen MR) is 102 cm³/mol. The lowest BCUT2D eigenvalue weighted by molar-refractivity contribution is 0.115. The number of hydrogen-bond acceptors (Lipinski definition) is 4. The number of guanidine groups is 1. The molecule has 0 radical (unpaired) electrons. The minimum atomic E-state index is 0.506. The fraction of sp³-hybridized carbons (Fsp3) is 0.778. The molecule has 0 saturated heterocycles. The normalized spacial score (nSPS) is 15.1. The number of ether oxygens (including phenoxy) is 1. The van der Waals surface area contributed by atoms with E-state index in [1.54, 1.807) is 11.3 Å². The van der Waals surface area contributed by atoms with Gasteiger partial charge in [-0.15, -0.1) is 11.3 Å². The maximum absolute atomic E-state index is 5.72. The average Bonchev–Trinajstić information content (AvgIpc) is 3.26. The second-order valence-corrected chi connectivity index (χ2v) is 7.65. The van der Waals surface area contributed by atoms with Crippen LogP contribution in [0.2, 0.25) is 0 Å². The van der Waals surface area contributed by atoms with Crippen LogP contribution in [0, 0.1) is 5.92 Å². The van der Waals surface area contributed by atoms with Crippen molar-refractivity contribution in [3.63, 3.8) is 0 Å². The van der Waals surface area contributed by atoms with Gasteiger partial charge in [-0.2, -0.15) is 0 Å². The van der Waals surface area contributed by atoms with Crippen LogP contribution in [0.25, 0.3) is 0 Å². The number of rotatable bonds is 10. The summed E-state index contributed by atoms with van der Waals surface area (Å²) in [6.07, 6.45) is 3.58. The number of nitrogens with one attached hydrogen (secondary N) is 1. The van der Waals surface area contributed by atoms with E-state index in [4.69, 9.17) is 9.73 Å². The van der Waals surface area contributed by atoms with Crippen LogP contribution in [0.4, 0.5) is 0 Å². The first kappa shape index (κ1) is 19.2. The summed E-state index contributed by atoms with van der Waals surface area (Å²) in [7, 11) is 2.07. The van der Waals surface area contributed by atoms with Crippen LogP contribution in [-0.2, 0) is 11.2 Å². The van der Waals surface area contributed by atoms with Crippen molar-refractivity contribution in [1.82, 2.24) is 15.2 Å². The van der Waals surface area contributed by atoms with E-state index in [1.165, 1.54) is 17.8 Å². The molecule has 1 fully saturated rings. The number of thiazole rings is 1. The van der Waals surface area contributed by atoms with E-state index >= 15 is 0 Å². The van der Waals surface area contributed by atoms with E-state index < -0.39 is 0 Å². The zero-order valence-electron chi connectivity index (χ0n) is 15.5. The quantitative estimate of drug-likeness (QED) is 0.399. The highest BCUT2D eigenvalue weighted by molar-refractivity contribution is 7.09. The molecule has 1 saturated carbocycles. The zero-order valence-corrected chi connectivity index (χ0v) is 16.4. The third kappa shape index (κ3) is 6.77. The summed E-state index contributed by atoms with van der Waals surface area (Å²) in [5, 5.41) is 6.73. The van der Waals surface area contributed by atoms with Crippen molar-refractivity contribution < 1.29 is 4.74 Å². The van der Waals surface area contributed by atoms with Gasteiger partial charge in [-0.3, -0.25) is 4.99 Å². The van der Waals surface area contributed by atoms with Gasteiger partial charge >= 0.3 is 0 Å². The Kier molecular flexibility index (Phi) is 7.99. The highest BCUT2D eigenvalue weighted by Crippen LogP contribution is 2.28. The maximum Gasteiger partial charge on any atom is 0.193 e. The smallest absolute Gasteiger partial charge is 0.193 e. The topological polar surface area (TPSA) is 49.8 Å². The molecule has 1 heterocycles. The minimum absolute atomic E-state index is 0.506. The molecule has 0 atom stereocenters. The third-order valence-corrected chi connectivity index (χ3v) is 5.21. The summed E-state index contributed by atoms with van der Waals surface area (Å²) in [6.45, 7) is 10.7. The van der Waals surface area contributed by atoms with Crippen LogP contribution >= 0.6 is 11.3 Å². The first-order valence-electron chi connectivity index (χ1n) is 9.11. The van der Waals surface area contributed by atoms with Crippen molar-refractivity contribution in [2.75, 3.05) is 39.9 Å². The minimum Gasteiger partial charge on any atom is -0.379 e. The van der Waals surface area contributed by atoms with Crippen LogP contribution in [0.3, 0.4) is 0 Å². The summed E-state index contributed by atoms with van der Waals surface area (Å²) < 4.78 is 5.72. The van der Waals surface area contributed by atoms with Crippen molar-refractivity contribution in [3.8, 4) is 0 Å². The average molecular weight is 353 g/mol. The number of likely N-dealkylation sites (N-methyl/N-ethyl adjacent to an activating group) is 1. The van der Waals surface area contributed by atoms with Crippen LogP contribution in [0.5, 0.6) is 0 Å². The summed E-state index contributed by atoms with van der Waals surface area (Å²) in [6, 6.07) is 0. The van der Waals surface area contributed by atoms with Gasteiger partial charge in [-0.1, -0.05) is 13.8 Å². The monoisotopic (exact) mass is 352 g/mol. The van der Waals surface area contributed by atoms with Crippen molar-refractivity contribution in [1.29, 1.82) is 0 Å². The van der Waals surface area contributed by atoms with Crippen molar-refractivity contribution in [2.24, 2.45) is 10.9 Å². The van der Waals surface area contributed by atoms with E-state index in [1.807, 2.05) is 0 Å². The lowest BCUT2D eigenvalue weighted by atomic mass is 10.2. The standard InChI is InChI=1S/C18H32N4OS/c1-5-19-18(22(4)10-11-23-12-15-6-7-15)20-9-8-16-13-24-17(21-16)14(2)3/h13-15H,5-12H2,1-4H3,(H,19,20). The molecule has 136 valence electrons. The molecule has 0 spiro atoms. The molecule has 0 aromatic carbocycles. The SMILES string of the molecule is CCNC(=NCCc1csc(C(C)C)n1)N(C)CCOCC1CC1. The number of aromatic nitrogens is 1. The first-order chi connectivity index (χ1) is 11.6. The van der Waals surface area contributed by atoms with E-state index in [0.717, 1.165) is 56.8 Å². The first-order valence-corrected chi connectivity index (χ1v) is 9.99. The van der Waals surface area contributed by atoms with Gasteiger partial charge in [0.15, 0.2) is 5.96 Å². The third-order valence-electron chi connectivity index (χ3n) is 4.01. The van der Waals surface area contributed by atoms with Crippen molar-refractivity contribution >= 4 is 17.3 Å². The molecular formula is C18H32N4OS. The lowest BCUT2D eigenvalue weighted by Crippen LogP contribution is -2.40. The molecule has 1 aliphatic carbocycles.